The van der Waals surface area contributed by atoms with E-state index in [0.29, 0.717) is 6.10 Å². The quantitative estimate of drug-likeness (QED) is 0.631. The standard InChI is InChI=1S/C7H13ClO2S/c1-10-6-2-4-7(5-3-6)11(8)9/h6-7H,2-5H2,1H3. The molecular formula is C7H13ClO2S. The summed E-state index contributed by atoms with van der Waals surface area (Å²) >= 11 is 0. The minimum atomic E-state index is -1.15. The number of hydrogen-bond acceptors (Lipinski definition) is 2. The van der Waals surface area contributed by atoms with Crippen molar-refractivity contribution in [2.24, 2.45) is 0 Å². The second kappa shape index (κ2) is 4.43. The van der Waals surface area contributed by atoms with Crippen molar-refractivity contribution in [2.75, 3.05) is 7.11 Å². The molecule has 0 radical (unpaired) electrons. The molecule has 66 valence electrons. The van der Waals surface area contributed by atoms with Crippen LogP contribution in [0.15, 0.2) is 0 Å². The maximum absolute atomic E-state index is 10.8. The molecule has 0 amide bonds. The van der Waals surface area contributed by atoms with Crippen molar-refractivity contribution >= 4 is 20.7 Å². The second-order valence-corrected chi connectivity index (χ2v) is 4.96. The van der Waals surface area contributed by atoms with Crippen LogP contribution in [0.25, 0.3) is 0 Å². The summed E-state index contributed by atoms with van der Waals surface area (Å²) in [6.07, 6.45) is 4.24. The van der Waals surface area contributed by atoms with Gasteiger partial charge < -0.3 is 4.74 Å². The molecule has 0 saturated heterocycles. The lowest BCUT2D eigenvalue weighted by atomic mass is 9.97. The van der Waals surface area contributed by atoms with Crippen molar-refractivity contribution in [3.8, 4) is 0 Å². The predicted molar refractivity (Wildman–Crippen MR) is 47.0 cm³/mol. The van der Waals surface area contributed by atoms with Crippen molar-refractivity contribution in [1.29, 1.82) is 0 Å². The van der Waals surface area contributed by atoms with Crippen LogP contribution in [0.3, 0.4) is 0 Å². The number of halogens is 1. The lowest BCUT2D eigenvalue weighted by Crippen LogP contribution is -2.24. The zero-order valence-electron chi connectivity index (χ0n) is 6.59. The van der Waals surface area contributed by atoms with Crippen molar-refractivity contribution in [3.63, 3.8) is 0 Å². The van der Waals surface area contributed by atoms with Crippen LogP contribution in [0.1, 0.15) is 25.7 Å². The Morgan fingerprint density at radius 3 is 2.27 bits per heavy atom. The van der Waals surface area contributed by atoms with E-state index in [1.165, 1.54) is 0 Å². The Bertz CT molecular complexity index is 143. The summed E-state index contributed by atoms with van der Waals surface area (Å²) in [5.74, 6) is 0. The Balaban J connectivity index is 2.30. The lowest BCUT2D eigenvalue weighted by molar-refractivity contribution is 0.0721. The van der Waals surface area contributed by atoms with Crippen LogP contribution in [-0.2, 0) is 14.7 Å². The molecule has 1 aliphatic carbocycles. The number of rotatable bonds is 2. The highest BCUT2D eigenvalue weighted by Gasteiger charge is 2.23. The molecule has 1 fully saturated rings. The number of hydrogen-bond donors (Lipinski definition) is 0. The molecule has 0 heterocycles. The Hall–Kier alpha value is 0.400. The van der Waals surface area contributed by atoms with Gasteiger partial charge in [-0.05, 0) is 36.4 Å². The molecule has 0 aliphatic heterocycles. The first-order valence-corrected chi connectivity index (χ1v) is 5.87. The van der Waals surface area contributed by atoms with E-state index < -0.39 is 10.0 Å². The van der Waals surface area contributed by atoms with Crippen LogP contribution >= 0.6 is 10.7 Å². The first-order chi connectivity index (χ1) is 5.24. The first-order valence-electron chi connectivity index (χ1n) is 3.83. The number of ether oxygens (including phenoxy) is 1. The molecule has 0 aromatic heterocycles. The highest BCUT2D eigenvalue weighted by Crippen LogP contribution is 2.25. The Kier molecular flexibility index (Phi) is 3.82. The van der Waals surface area contributed by atoms with Gasteiger partial charge in [-0.1, -0.05) is 0 Å². The van der Waals surface area contributed by atoms with Gasteiger partial charge >= 0.3 is 0 Å². The zero-order valence-corrected chi connectivity index (χ0v) is 8.16. The van der Waals surface area contributed by atoms with E-state index >= 15 is 0 Å². The van der Waals surface area contributed by atoms with E-state index in [2.05, 4.69) is 0 Å². The van der Waals surface area contributed by atoms with Gasteiger partial charge in [0.15, 0.2) is 0 Å². The summed E-state index contributed by atoms with van der Waals surface area (Å²) in [7, 11) is 6.05. The van der Waals surface area contributed by atoms with Crippen molar-refractivity contribution in [2.45, 2.75) is 37.0 Å². The minimum Gasteiger partial charge on any atom is -0.381 e. The van der Waals surface area contributed by atoms with E-state index in [0.717, 1.165) is 25.7 Å². The van der Waals surface area contributed by atoms with Gasteiger partial charge in [0, 0.05) is 12.4 Å². The van der Waals surface area contributed by atoms with Gasteiger partial charge in [0.25, 0.3) is 0 Å². The molecule has 4 heteroatoms. The molecule has 1 rings (SSSR count). The fourth-order valence-corrected chi connectivity index (χ4v) is 2.63. The van der Waals surface area contributed by atoms with Crippen LogP contribution in [0, 0.1) is 0 Å². The van der Waals surface area contributed by atoms with E-state index in [1.807, 2.05) is 0 Å². The molecule has 11 heavy (non-hydrogen) atoms. The summed E-state index contributed by atoms with van der Waals surface area (Å²) < 4.78 is 16.0. The maximum atomic E-state index is 10.8. The molecule has 2 nitrogen and oxygen atoms in total. The van der Waals surface area contributed by atoms with Crippen LogP contribution in [-0.4, -0.2) is 22.7 Å². The zero-order chi connectivity index (χ0) is 8.27. The Morgan fingerprint density at radius 1 is 1.36 bits per heavy atom. The van der Waals surface area contributed by atoms with E-state index in [1.54, 1.807) is 7.11 Å². The average Bonchev–Trinajstić information content (AvgIpc) is 2.05. The molecule has 0 aromatic carbocycles. The van der Waals surface area contributed by atoms with Crippen molar-refractivity contribution < 1.29 is 8.95 Å². The molecule has 0 N–H and O–H groups in total. The van der Waals surface area contributed by atoms with Crippen LogP contribution in [0.4, 0.5) is 0 Å². The Labute approximate surface area is 74.2 Å². The van der Waals surface area contributed by atoms with Crippen molar-refractivity contribution in [3.05, 3.63) is 0 Å². The van der Waals surface area contributed by atoms with E-state index in [9.17, 15) is 4.21 Å². The summed E-state index contributed by atoms with van der Waals surface area (Å²) in [5, 5.41) is 0.197. The molecular weight excluding hydrogens is 184 g/mol. The van der Waals surface area contributed by atoms with Gasteiger partial charge in [-0.25, -0.2) is 4.21 Å². The molecule has 0 spiro atoms. The van der Waals surface area contributed by atoms with Gasteiger partial charge in [0.1, 0.15) is 10.0 Å². The Morgan fingerprint density at radius 2 is 1.91 bits per heavy atom. The first kappa shape index (κ1) is 9.49. The van der Waals surface area contributed by atoms with Crippen LogP contribution in [0.5, 0.6) is 0 Å². The molecule has 1 atom stereocenters. The fraction of sp³-hybridized carbons (Fsp3) is 1.00. The molecule has 1 unspecified atom stereocenters. The summed E-state index contributed by atoms with van der Waals surface area (Å²) in [4.78, 5) is 0. The largest absolute Gasteiger partial charge is 0.381 e. The van der Waals surface area contributed by atoms with E-state index in [4.69, 9.17) is 15.4 Å². The van der Waals surface area contributed by atoms with E-state index in [-0.39, 0.29) is 5.25 Å². The maximum Gasteiger partial charge on any atom is 0.118 e. The molecule has 1 aliphatic rings. The predicted octanol–water partition coefficient (Wildman–Crippen LogP) is 1.85. The third-order valence-electron chi connectivity index (χ3n) is 2.22. The van der Waals surface area contributed by atoms with Gasteiger partial charge in [-0.15, -0.1) is 0 Å². The smallest absolute Gasteiger partial charge is 0.118 e. The molecule has 1 saturated carbocycles. The third kappa shape index (κ3) is 2.73. The molecule has 0 aromatic rings. The fourth-order valence-electron chi connectivity index (χ4n) is 1.45. The monoisotopic (exact) mass is 196 g/mol. The van der Waals surface area contributed by atoms with Gasteiger partial charge in [-0.3, -0.25) is 0 Å². The number of methoxy groups -OCH3 is 1. The summed E-state index contributed by atoms with van der Waals surface area (Å²) in [6.45, 7) is 0. The SMILES string of the molecule is COC1CCC(S(=O)Cl)CC1. The van der Waals surface area contributed by atoms with Crippen LogP contribution < -0.4 is 0 Å². The highest BCUT2D eigenvalue weighted by atomic mass is 35.7. The lowest BCUT2D eigenvalue weighted by Gasteiger charge is -2.24. The summed E-state index contributed by atoms with van der Waals surface area (Å²) in [5.41, 5.74) is 0. The average molecular weight is 197 g/mol. The second-order valence-electron chi connectivity index (χ2n) is 2.88. The normalized spacial score (nSPS) is 35.1. The van der Waals surface area contributed by atoms with Crippen LogP contribution in [0.2, 0.25) is 0 Å². The van der Waals surface area contributed by atoms with Gasteiger partial charge in [0.05, 0.1) is 6.10 Å². The summed E-state index contributed by atoms with van der Waals surface area (Å²) in [6, 6.07) is 0. The highest BCUT2D eigenvalue weighted by molar-refractivity contribution is 8.08. The third-order valence-corrected chi connectivity index (χ3v) is 3.97. The topological polar surface area (TPSA) is 26.3 Å². The van der Waals surface area contributed by atoms with Gasteiger partial charge in [-0.2, -0.15) is 0 Å². The molecule has 0 bridgehead atoms. The van der Waals surface area contributed by atoms with Crippen molar-refractivity contribution in [1.82, 2.24) is 0 Å². The van der Waals surface area contributed by atoms with Gasteiger partial charge in [0.2, 0.25) is 0 Å². The minimum absolute atomic E-state index is 0.197.